The molecule has 0 spiro atoms. The molecule has 0 fully saturated rings. The molecule has 1 aliphatic heterocycles. The molecule has 0 amide bonds. The monoisotopic (exact) mass is 291 g/mol. The summed E-state index contributed by atoms with van der Waals surface area (Å²) in [4.78, 5) is 1.14. The Labute approximate surface area is 122 Å². The van der Waals surface area contributed by atoms with Crippen molar-refractivity contribution < 1.29 is 14.2 Å². The molecule has 2 atom stereocenters. The van der Waals surface area contributed by atoms with Crippen molar-refractivity contribution in [1.29, 1.82) is 0 Å². The minimum absolute atomic E-state index is 0.0425. The molecule has 4 nitrogen and oxygen atoms in total. The lowest BCUT2D eigenvalue weighted by atomic mass is 10.1. The summed E-state index contributed by atoms with van der Waals surface area (Å²) in [6.07, 6.45) is 0.716. The predicted octanol–water partition coefficient (Wildman–Crippen LogP) is 3.33. The fraction of sp³-hybridized carbons (Fsp3) is 0.333. The van der Waals surface area contributed by atoms with Crippen LogP contribution >= 0.6 is 11.3 Å². The average molecular weight is 291 g/mol. The number of ether oxygens (including phenoxy) is 3. The third kappa shape index (κ3) is 2.59. The Morgan fingerprint density at radius 2 is 2.15 bits per heavy atom. The van der Waals surface area contributed by atoms with Crippen molar-refractivity contribution in [2.75, 3.05) is 6.79 Å². The Morgan fingerprint density at radius 1 is 1.30 bits per heavy atom. The first-order chi connectivity index (χ1) is 9.78. The van der Waals surface area contributed by atoms with Gasteiger partial charge in [0.1, 0.15) is 11.9 Å². The third-order valence-corrected chi connectivity index (χ3v) is 4.22. The lowest BCUT2D eigenvalue weighted by molar-refractivity contribution is 0.169. The molecule has 1 aliphatic rings. The van der Waals surface area contributed by atoms with E-state index in [1.54, 1.807) is 11.3 Å². The Balaban J connectivity index is 1.83. The maximum Gasteiger partial charge on any atom is 0.231 e. The summed E-state index contributed by atoms with van der Waals surface area (Å²) in [6, 6.07) is 9.62. The molecule has 2 unspecified atom stereocenters. The van der Waals surface area contributed by atoms with Crippen molar-refractivity contribution in [2.24, 2.45) is 5.73 Å². The predicted molar refractivity (Wildman–Crippen MR) is 78.5 cm³/mol. The van der Waals surface area contributed by atoms with Crippen LogP contribution in [0.3, 0.4) is 0 Å². The zero-order chi connectivity index (χ0) is 13.9. The highest BCUT2D eigenvalue weighted by atomic mass is 32.1. The highest BCUT2D eigenvalue weighted by Crippen LogP contribution is 2.37. The first kappa shape index (κ1) is 13.3. The van der Waals surface area contributed by atoms with Gasteiger partial charge in [0.25, 0.3) is 0 Å². The van der Waals surface area contributed by atoms with Crippen LogP contribution in [-0.4, -0.2) is 12.8 Å². The lowest BCUT2D eigenvalue weighted by Gasteiger charge is -2.23. The molecular formula is C15H17NO3S. The number of benzene rings is 1. The topological polar surface area (TPSA) is 53.7 Å². The van der Waals surface area contributed by atoms with Crippen LogP contribution in [0.15, 0.2) is 35.7 Å². The highest BCUT2D eigenvalue weighted by molar-refractivity contribution is 7.10. The first-order valence-electron chi connectivity index (χ1n) is 6.63. The molecule has 3 rings (SSSR count). The summed E-state index contributed by atoms with van der Waals surface area (Å²) < 4.78 is 16.8. The molecule has 1 aromatic carbocycles. The summed E-state index contributed by atoms with van der Waals surface area (Å²) in [5.41, 5.74) is 6.19. The first-order valence-corrected chi connectivity index (χ1v) is 7.51. The van der Waals surface area contributed by atoms with Crippen LogP contribution in [0.25, 0.3) is 0 Å². The van der Waals surface area contributed by atoms with Gasteiger partial charge in [-0.05, 0) is 30.0 Å². The van der Waals surface area contributed by atoms with Gasteiger partial charge in [-0.3, -0.25) is 0 Å². The second kappa shape index (κ2) is 5.73. The highest BCUT2D eigenvalue weighted by Gasteiger charge is 2.23. The molecule has 2 N–H and O–H groups in total. The van der Waals surface area contributed by atoms with Crippen LogP contribution in [0.4, 0.5) is 0 Å². The zero-order valence-corrected chi connectivity index (χ0v) is 12.1. The maximum atomic E-state index is 6.19. The minimum atomic E-state index is -0.139. The summed E-state index contributed by atoms with van der Waals surface area (Å²) in [7, 11) is 0. The van der Waals surface area contributed by atoms with Crippen molar-refractivity contribution in [1.82, 2.24) is 0 Å². The standard InChI is InChI=1S/C15H17NO3S/c1-2-11(16)15(14-4-3-7-20-14)19-10-5-6-12-13(8-10)18-9-17-12/h3-8,11,15H,2,9,16H2,1H3. The zero-order valence-electron chi connectivity index (χ0n) is 11.2. The van der Waals surface area contributed by atoms with Crippen molar-refractivity contribution in [3.8, 4) is 17.2 Å². The molecule has 0 bridgehead atoms. The third-order valence-electron chi connectivity index (χ3n) is 3.29. The van der Waals surface area contributed by atoms with Gasteiger partial charge in [0, 0.05) is 17.0 Å². The van der Waals surface area contributed by atoms with E-state index in [1.165, 1.54) is 0 Å². The van der Waals surface area contributed by atoms with Gasteiger partial charge in [-0.25, -0.2) is 0 Å². The Bertz CT molecular complexity index is 571. The second-order valence-electron chi connectivity index (χ2n) is 4.64. The normalized spacial score (nSPS) is 15.9. The quantitative estimate of drug-likeness (QED) is 0.918. The molecule has 0 saturated carbocycles. The van der Waals surface area contributed by atoms with Gasteiger partial charge in [0.2, 0.25) is 6.79 Å². The van der Waals surface area contributed by atoms with Gasteiger partial charge in [-0.1, -0.05) is 13.0 Å². The molecule has 0 saturated heterocycles. The van der Waals surface area contributed by atoms with Crippen LogP contribution < -0.4 is 19.9 Å². The van der Waals surface area contributed by atoms with Crippen LogP contribution in [0.2, 0.25) is 0 Å². The number of fused-ring (bicyclic) bond motifs is 1. The summed E-state index contributed by atoms with van der Waals surface area (Å²) >= 11 is 1.66. The number of rotatable bonds is 5. The van der Waals surface area contributed by atoms with Crippen molar-refractivity contribution in [3.63, 3.8) is 0 Å². The second-order valence-corrected chi connectivity index (χ2v) is 5.62. The molecule has 0 aliphatic carbocycles. The molecule has 2 heterocycles. The Hall–Kier alpha value is -1.72. The average Bonchev–Trinajstić information content (AvgIpc) is 3.14. The summed E-state index contributed by atoms with van der Waals surface area (Å²) in [6.45, 7) is 2.33. The smallest absolute Gasteiger partial charge is 0.231 e. The summed E-state index contributed by atoms with van der Waals surface area (Å²) in [5.74, 6) is 2.22. The van der Waals surface area contributed by atoms with E-state index >= 15 is 0 Å². The van der Waals surface area contributed by atoms with Crippen LogP contribution in [-0.2, 0) is 0 Å². The molecule has 20 heavy (non-hydrogen) atoms. The van der Waals surface area contributed by atoms with E-state index in [4.69, 9.17) is 19.9 Å². The number of hydrogen-bond donors (Lipinski definition) is 1. The molecule has 0 radical (unpaired) electrons. The number of hydrogen-bond acceptors (Lipinski definition) is 5. The van der Waals surface area contributed by atoms with E-state index in [2.05, 4.69) is 13.0 Å². The van der Waals surface area contributed by atoms with Gasteiger partial charge in [-0.2, -0.15) is 0 Å². The molecular weight excluding hydrogens is 274 g/mol. The van der Waals surface area contributed by atoms with E-state index in [9.17, 15) is 0 Å². The summed E-state index contributed by atoms with van der Waals surface area (Å²) in [5, 5.41) is 2.04. The maximum absolute atomic E-state index is 6.19. The molecule has 106 valence electrons. The lowest BCUT2D eigenvalue weighted by Crippen LogP contribution is -2.30. The van der Waals surface area contributed by atoms with E-state index < -0.39 is 0 Å². The fourth-order valence-corrected chi connectivity index (χ4v) is 2.95. The fourth-order valence-electron chi connectivity index (χ4n) is 2.12. The van der Waals surface area contributed by atoms with Crippen molar-refractivity contribution in [2.45, 2.75) is 25.5 Å². The van der Waals surface area contributed by atoms with Gasteiger partial charge in [0.05, 0.1) is 0 Å². The van der Waals surface area contributed by atoms with Crippen LogP contribution in [0.5, 0.6) is 17.2 Å². The minimum Gasteiger partial charge on any atom is -0.483 e. The largest absolute Gasteiger partial charge is 0.483 e. The Kier molecular flexibility index (Phi) is 3.80. The van der Waals surface area contributed by atoms with Gasteiger partial charge in [-0.15, -0.1) is 11.3 Å². The number of nitrogens with two attached hydrogens (primary N) is 1. The molecule has 5 heteroatoms. The van der Waals surface area contributed by atoms with Gasteiger partial charge >= 0.3 is 0 Å². The van der Waals surface area contributed by atoms with E-state index in [1.807, 2.05) is 29.6 Å². The van der Waals surface area contributed by atoms with Gasteiger partial charge < -0.3 is 19.9 Å². The molecule has 2 aromatic rings. The molecule has 1 aromatic heterocycles. The van der Waals surface area contributed by atoms with Gasteiger partial charge in [0.15, 0.2) is 11.5 Å². The van der Waals surface area contributed by atoms with Crippen molar-refractivity contribution in [3.05, 3.63) is 40.6 Å². The van der Waals surface area contributed by atoms with E-state index in [0.29, 0.717) is 0 Å². The van der Waals surface area contributed by atoms with Crippen LogP contribution in [0, 0.1) is 0 Å². The Morgan fingerprint density at radius 3 is 2.90 bits per heavy atom. The van der Waals surface area contributed by atoms with E-state index in [0.717, 1.165) is 28.5 Å². The SMILES string of the molecule is CCC(N)C(Oc1ccc2c(c1)OCO2)c1cccs1. The van der Waals surface area contributed by atoms with E-state index in [-0.39, 0.29) is 18.9 Å². The van der Waals surface area contributed by atoms with Crippen LogP contribution in [0.1, 0.15) is 24.3 Å². The number of thiophene rings is 1. The van der Waals surface area contributed by atoms with Crippen molar-refractivity contribution >= 4 is 11.3 Å².